The number of hydrogen-bond donors (Lipinski definition) is 0. The standard InChI is InChI=1S/C42H30N4.C20H23BN2O2.C14H8Br2/c1-45-39-9-5-3-7-37(39)43-41(45)31-19-11-27(12-20-31)33-23-17-29-15-16-30-18-24-34(26-36(30)35(29)25-33)28-13-21-32(22-14-28)42-44-38-8-4-6-10-40(38)46(42)2;1-19(2)20(3,4)25-21(24-19)15-12-10-14(11-13-15)18-22-16-8-6-7-9-17(16)23(18)5;15-11-5-3-9-1-2-10-4-6-12(16)8-14(10)13(9)7-11/h3-26H,1-2H3;6-13H,1-5H3;1-8H. The Morgan fingerprint density at radius 3 is 0.943 bits per heavy atom. The molecule has 4 heterocycles. The summed E-state index contributed by atoms with van der Waals surface area (Å²) in [6.07, 6.45) is 0. The Labute approximate surface area is 523 Å². The molecule has 0 unspecified atom stereocenters. The lowest BCUT2D eigenvalue weighted by atomic mass is 9.79. The molecule has 87 heavy (non-hydrogen) atoms. The maximum Gasteiger partial charge on any atom is 0.494 e. The van der Waals surface area contributed by atoms with Crippen LogP contribution in [-0.2, 0) is 30.5 Å². The molecule has 0 saturated carbocycles. The van der Waals surface area contributed by atoms with E-state index < -0.39 is 0 Å². The number of nitrogens with zero attached hydrogens (tertiary/aromatic N) is 6. The third kappa shape index (κ3) is 10.5. The van der Waals surface area contributed by atoms with E-state index in [0.717, 1.165) is 81.7 Å². The topological polar surface area (TPSA) is 71.9 Å². The Balaban J connectivity index is 0.000000135. The molecule has 8 nitrogen and oxygen atoms in total. The fraction of sp³-hybridized carbons (Fsp3) is 0.118. The molecule has 1 fully saturated rings. The van der Waals surface area contributed by atoms with Crippen LogP contribution in [0.3, 0.4) is 0 Å². The lowest BCUT2D eigenvalue weighted by Gasteiger charge is -2.32. The van der Waals surface area contributed by atoms with Gasteiger partial charge in [0.05, 0.1) is 44.3 Å². The summed E-state index contributed by atoms with van der Waals surface area (Å²) in [6, 6.07) is 85.7. The first kappa shape index (κ1) is 55.9. The minimum atomic E-state index is -0.334. The van der Waals surface area contributed by atoms with Gasteiger partial charge in [-0.1, -0.05) is 202 Å². The van der Waals surface area contributed by atoms with Crippen molar-refractivity contribution >= 4 is 121 Å². The first-order valence-electron chi connectivity index (χ1n) is 29.3. The summed E-state index contributed by atoms with van der Waals surface area (Å²) in [4.78, 5) is 14.5. The SMILES string of the molecule is Brc1ccc2ccc3ccc(Br)cc3c2c1.Cn1c(-c2ccc(-c3ccc4ccc5ccc(-c6ccc(-c7nc8ccccc8n7C)cc6)cc5c4c3)cc2)nc2ccccc21.Cn1c(-c2ccc(B3OC(C)(C)C(C)(C)O3)cc2)nc2ccccc21. The average Bonchev–Trinajstić information content (AvgIpc) is 3.29. The highest BCUT2D eigenvalue weighted by Crippen LogP contribution is 2.38. The summed E-state index contributed by atoms with van der Waals surface area (Å²) >= 11 is 7.05. The molecule has 1 aliphatic heterocycles. The molecule has 0 radical (unpaired) electrons. The third-order valence-electron chi connectivity index (χ3n) is 17.6. The number of rotatable bonds is 6. The molecule has 0 bridgehead atoms. The van der Waals surface area contributed by atoms with E-state index in [1.165, 1.54) is 65.3 Å². The minimum Gasteiger partial charge on any atom is -0.399 e. The van der Waals surface area contributed by atoms with Crippen LogP contribution in [0.15, 0.2) is 252 Å². The van der Waals surface area contributed by atoms with E-state index in [1.807, 2.05) is 37.4 Å². The number of halogens is 2. The molecule has 0 atom stereocenters. The van der Waals surface area contributed by atoms with Crippen LogP contribution in [0, 0.1) is 0 Å². The Morgan fingerprint density at radius 2 is 0.598 bits per heavy atom. The molecule has 0 N–H and O–H groups in total. The summed E-state index contributed by atoms with van der Waals surface area (Å²) in [5.74, 6) is 2.92. The van der Waals surface area contributed by atoms with Crippen molar-refractivity contribution < 1.29 is 9.31 Å². The number of para-hydroxylation sites is 6. The number of aromatic nitrogens is 6. The number of hydrogen-bond acceptors (Lipinski definition) is 5. The summed E-state index contributed by atoms with van der Waals surface area (Å²) < 4.78 is 20.9. The van der Waals surface area contributed by atoms with Crippen molar-refractivity contribution in [1.82, 2.24) is 28.7 Å². The normalized spacial score (nSPS) is 13.6. The van der Waals surface area contributed by atoms with Crippen molar-refractivity contribution in [2.75, 3.05) is 0 Å². The van der Waals surface area contributed by atoms with Crippen LogP contribution in [0.4, 0.5) is 0 Å². The van der Waals surface area contributed by atoms with E-state index in [-0.39, 0.29) is 18.3 Å². The van der Waals surface area contributed by atoms with Gasteiger partial charge >= 0.3 is 7.12 Å². The molecule has 0 amide bonds. The van der Waals surface area contributed by atoms with Crippen molar-refractivity contribution in [3.63, 3.8) is 0 Å². The zero-order valence-electron chi connectivity index (χ0n) is 49.4. The zero-order valence-corrected chi connectivity index (χ0v) is 52.6. The molecule has 0 aliphatic carbocycles. The molecule has 16 rings (SSSR count). The van der Waals surface area contributed by atoms with E-state index in [2.05, 4.69) is 300 Å². The number of fused-ring (bicyclic) bond motifs is 9. The molecular weight excluding hydrogens is 1200 g/mol. The largest absolute Gasteiger partial charge is 0.494 e. The highest BCUT2D eigenvalue weighted by atomic mass is 79.9. The molecule has 15 aromatic rings. The predicted molar refractivity (Wildman–Crippen MR) is 370 cm³/mol. The summed E-state index contributed by atoms with van der Waals surface area (Å²) in [5, 5.41) is 10.1. The van der Waals surface area contributed by atoms with Gasteiger partial charge in [0.15, 0.2) is 0 Å². The molecule has 1 saturated heterocycles. The molecule has 0 spiro atoms. The lowest BCUT2D eigenvalue weighted by molar-refractivity contribution is 0.00578. The van der Waals surface area contributed by atoms with Crippen LogP contribution >= 0.6 is 31.9 Å². The van der Waals surface area contributed by atoms with Crippen molar-refractivity contribution in [2.24, 2.45) is 21.1 Å². The van der Waals surface area contributed by atoms with Crippen LogP contribution in [0.2, 0.25) is 0 Å². The van der Waals surface area contributed by atoms with Gasteiger partial charge in [-0.15, -0.1) is 0 Å². The summed E-state index contributed by atoms with van der Waals surface area (Å²) in [7, 11) is 5.88. The number of aryl methyl sites for hydroxylation is 3. The maximum atomic E-state index is 6.12. The monoisotopic (exact) mass is 1260 g/mol. The second-order valence-electron chi connectivity index (χ2n) is 23.5. The van der Waals surface area contributed by atoms with Crippen molar-refractivity contribution in [2.45, 2.75) is 38.9 Å². The van der Waals surface area contributed by atoms with Gasteiger partial charge in [-0.25, -0.2) is 15.0 Å². The van der Waals surface area contributed by atoms with Gasteiger partial charge in [0.2, 0.25) is 0 Å². The van der Waals surface area contributed by atoms with Crippen molar-refractivity contribution in [3.8, 4) is 56.4 Å². The fourth-order valence-corrected chi connectivity index (χ4v) is 12.7. The Hall–Kier alpha value is -8.97. The smallest absolute Gasteiger partial charge is 0.399 e. The summed E-state index contributed by atoms with van der Waals surface area (Å²) in [5.41, 5.74) is 14.9. The van der Waals surface area contributed by atoms with Gasteiger partial charge < -0.3 is 23.0 Å². The number of imidazole rings is 3. The Bertz CT molecular complexity index is 4870. The van der Waals surface area contributed by atoms with Crippen molar-refractivity contribution in [3.05, 3.63) is 252 Å². The minimum absolute atomic E-state index is 0.326. The average molecular weight is 1260 g/mol. The van der Waals surface area contributed by atoms with Gasteiger partial charge in [-0.05, 0) is 171 Å². The maximum absolute atomic E-state index is 6.12. The molecular formula is C76H61BBr2N6O2. The van der Waals surface area contributed by atoms with Crippen LogP contribution in [0.1, 0.15) is 27.7 Å². The second-order valence-corrected chi connectivity index (χ2v) is 25.4. The summed E-state index contributed by atoms with van der Waals surface area (Å²) in [6.45, 7) is 8.28. The first-order chi connectivity index (χ1) is 42.1. The highest BCUT2D eigenvalue weighted by Gasteiger charge is 2.51. The van der Waals surface area contributed by atoms with Gasteiger partial charge in [-0.2, -0.15) is 0 Å². The van der Waals surface area contributed by atoms with Gasteiger partial charge in [0.1, 0.15) is 17.5 Å². The zero-order chi connectivity index (χ0) is 59.7. The first-order valence-corrected chi connectivity index (χ1v) is 30.9. The Morgan fingerprint density at radius 1 is 0.322 bits per heavy atom. The number of benzene rings is 12. The van der Waals surface area contributed by atoms with E-state index >= 15 is 0 Å². The highest BCUT2D eigenvalue weighted by molar-refractivity contribution is 9.10. The van der Waals surface area contributed by atoms with Crippen LogP contribution in [0.25, 0.3) is 133 Å². The van der Waals surface area contributed by atoms with E-state index in [9.17, 15) is 0 Å². The molecule has 11 heteroatoms. The molecule has 12 aromatic carbocycles. The van der Waals surface area contributed by atoms with E-state index in [4.69, 9.17) is 24.3 Å². The van der Waals surface area contributed by atoms with Gasteiger partial charge in [-0.3, -0.25) is 0 Å². The quantitative estimate of drug-likeness (QED) is 0.123. The lowest BCUT2D eigenvalue weighted by Crippen LogP contribution is -2.41. The van der Waals surface area contributed by atoms with E-state index in [0.29, 0.717) is 0 Å². The molecule has 3 aromatic heterocycles. The van der Waals surface area contributed by atoms with Crippen LogP contribution in [-0.4, -0.2) is 47.0 Å². The fourth-order valence-electron chi connectivity index (χ4n) is 12.0. The predicted octanol–water partition coefficient (Wildman–Crippen LogP) is 19.5. The van der Waals surface area contributed by atoms with Gasteiger partial charge in [0.25, 0.3) is 0 Å². The van der Waals surface area contributed by atoms with Crippen LogP contribution < -0.4 is 5.46 Å². The second kappa shape index (κ2) is 22.4. The molecule has 1 aliphatic rings. The Kier molecular flexibility index (Phi) is 14.4. The third-order valence-corrected chi connectivity index (χ3v) is 18.6. The van der Waals surface area contributed by atoms with Crippen LogP contribution in [0.5, 0.6) is 0 Å². The van der Waals surface area contributed by atoms with Gasteiger partial charge in [0, 0.05) is 46.8 Å². The van der Waals surface area contributed by atoms with E-state index in [1.54, 1.807) is 0 Å². The molecule has 424 valence electrons. The van der Waals surface area contributed by atoms with Crippen molar-refractivity contribution in [1.29, 1.82) is 0 Å².